The predicted molar refractivity (Wildman–Crippen MR) is 128 cm³/mol. The highest BCUT2D eigenvalue weighted by Crippen LogP contribution is 2.31. The number of rotatable bonds is 7. The number of carbonyl (C=O) groups excluding carboxylic acids is 2. The number of hydrogen-bond acceptors (Lipinski definition) is 5. The summed E-state index contributed by atoms with van der Waals surface area (Å²) in [7, 11) is -2.47. The number of benzene rings is 2. The number of fused-ring (bicyclic) bond motifs is 1. The Morgan fingerprint density at radius 2 is 1.76 bits per heavy atom. The number of nitrogens with two attached hydrogens (primary N) is 1. The van der Waals surface area contributed by atoms with Gasteiger partial charge in [0.25, 0.3) is 11.8 Å². The van der Waals surface area contributed by atoms with Crippen molar-refractivity contribution in [2.45, 2.75) is 29.7 Å². The van der Waals surface area contributed by atoms with E-state index in [-0.39, 0.29) is 39.7 Å². The maximum absolute atomic E-state index is 13.4. The van der Waals surface area contributed by atoms with E-state index in [1.165, 1.54) is 17.0 Å². The van der Waals surface area contributed by atoms with E-state index in [0.29, 0.717) is 0 Å². The molecule has 0 atom stereocenters. The Balaban J connectivity index is 1.74. The van der Waals surface area contributed by atoms with Crippen LogP contribution in [0.25, 0.3) is 10.9 Å². The molecule has 0 aliphatic rings. The maximum Gasteiger partial charge on any atom is 0.270 e. The fourth-order valence-corrected chi connectivity index (χ4v) is 5.73. The number of aromatic amines is 1. The quantitative estimate of drug-likeness (QED) is 0.423. The number of aromatic nitrogens is 2. The Morgan fingerprint density at radius 1 is 1.03 bits per heavy atom. The lowest BCUT2D eigenvalue weighted by Gasteiger charge is -2.18. The number of pyridine rings is 1. The third kappa shape index (κ3) is 4.17. The van der Waals surface area contributed by atoms with Gasteiger partial charge in [0.15, 0.2) is 0 Å². The van der Waals surface area contributed by atoms with Crippen LogP contribution in [0.15, 0.2) is 76.7 Å². The van der Waals surface area contributed by atoms with Crippen LogP contribution in [0, 0.1) is 0 Å². The number of nitrogens with zero attached hydrogens (tertiary/aromatic N) is 2. The number of carbonyl (C=O) groups is 2. The molecule has 4 aromatic rings. The normalized spacial score (nSPS) is 11.5. The van der Waals surface area contributed by atoms with Gasteiger partial charge in [0.05, 0.1) is 10.4 Å². The topological polar surface area (TPSA) is 126 Å². The van der Waals surface area contributed by atoms with E-state index in [1.54, 1.807) is 38.4 Å². The minimum Gasteiger partial charge on any atom is -0.364 e. The third-order valence-corrected chi connectivity index (χ3v) is 7.50. The fraction of sp³-hybridized carbons (Fsp3) is 0.160. The molecule has 0 saturated carbocycles. The number of hydrogen-bond donors (Lipinski definition) is 2. The molecule has 0 bridgehead atoms. The van der Waals surface area contributed by atoms with E-state index in [1.807, 2.05) is 30.3 Å². The van der Waals surface area contributed by atoms with Crippen molar-refractivity contribution in [3.05, 3.63) is 89.4 Å². The molecule has 174 valence electrons. The maximum atomic E-state index is 13.4. The average molecular weight is 477 g/mol. The van der Waals surface area contributed by atoms with Crippen LogP contribution in [0.5, 0.6) is 0 Å². The van der Waals surface area contributed by atoms with Gasteiger partial charge < -0.3 is 15.6 Å². The molecule has 0 fully saturated rings. The number of H-pyrrole nitrogens is 1. The Labute approximate surface area is 197 Å². The second kappa shape index (κ2) is 9.11. The van der Waals surface area contributed by atoms with Gasteiger partial charge in [-0.25, -0.2) is 8.42 Å². The van der Waals surface area contributed by atoms with E-state index in [0.717, 1.165) is 16.5 Å². The van der Waals surface area contributed by atoms with Crippen molar-refractivity contribution in [1.29, 1.82) is 0 Å². The van der Waals surface area contributed by atoms with E-state index in [9.17, 15) is 18.0 Å². The second-order valence-electron chi connectivity index (χ2n) is 7.91. The molecular weight excluding hydrogens is 452 g/mol. The zero-order valence-corrected chi connectivity index (χ0v) is 19.6. The minimum absolute atomic E-state index is 0.0170. The summed E-state index contributed by atoms with van der Waals surface area (Å²) < 4.78 is 26.8. The van der Waals surface area contributed by atoms with Crippen molar-refractivity contribution in [1.82, 2.24) is 14.9 Å². The molecule has 2 heterocycles. The first-order chi connectivity index (χ1) is 16.2. The third-order valence-electron chi connectivity index (χ3n) is 5.62. The van der Waals surface area contributed by atoms with Crippen LogP contribution < -0.4 is 5.73 Å². The van der Waals surface area contributed by atoms with Gasteiger partial charge in [-0.2, -0.15) is 0 Å². The van der Waals surface area contributed by atoms with Gasteiger partial charge in [-0.15, -0.1) is 0 Å². The first kappa shape index (κ1) is 23.2. The van der Waals surface area contributed by atoms with Crippen LogP contribution in [0.3, 0.4) is 0 Å². The summed E-state index contributed by atoms with van der Waals surface area (Å²) in [4.78, 5) is 33.8. The molecule has 4 rings (SSSR count). The number of nitrogens with one attached hydrogen (secondary N) is 1. The molecule has 0 saturated heterocycles. The lowest BCUT2D eigenvalue weighted by molar-refractivity contribution is 0.0779. The summed E-state index contributed by atoms with van der Waals surface area (Å²) in [6.07, 6.45) is 1.92. The first-order valence-electron chi connectivity index (χ1n) is 10.7. The average Bonchev–Trinajstić information content (AvgIpc) is 3.25. The summed E-state index contributed by atoms with van der Waals surface area (Å²) in [6.45, 7) is 2.00. The molecule has 8 nitrogen and oxygen atoms in total. The van der Waals surface area contributed by atoms with E-state index in [2.05, 4.69) is 9.97 Å². The van der Waals surface area contributed by atoms with Crippen molar-refractivity contribution < 1.29 is 18.0 Å². The van der Waals surface area contributed by atoms with Gasteiger partial charge in [-0.3, -0.25) is 14.6 Å². The molecular formula is C25H24N4O4S. The van der Waals surface area contributed by atoms with Crippen LogP contribution in [0.2, 0.25) is 0 Å². The van der Waals surface area contributed by atoms with Crippen LogP contribution >= 0.6 is 0 Å². The summed E-state index contributed by atoms with van der Waals surface area (Å²) in [5.74, 6) is -1.40. The molecule has 9 heteroatoms. The smallest absolute Gasteiger partial charge is 0.270 e. The van der Waals surface area contributed by atoms with Gasteiger partial charge >= 0.3 is 0 Å². The molecule has 0 spiro atoms. The highest BCUT2D eigenvalue weighted by Gasteiger charge is 2.33. The highest BCUT2D eigenvalue weighted by molar-refractivity contribution is 7.91. The molecule has 2 amide bonds. The number of sulfone groups is 1. The molecule has 3 N–H and O–H groups in total. The Morgan fingerprint density at radius 3 is 2.44 bits per heavy atom. The van der Waals surface area contributed by atoms with E-state index < -0.39 is 21.7 Å². The summed E-state index contributed by atoms with van der Waals surface area (Å²) >= 11 is 0. The van der Waals surface area contributed by atoms with Crippen molar-refractivity contribution in [2.24, 2.45) is 5.73 Å². The first-order valence-corrected chi connectivity index (χ1v) is 12.2. The van der Waals surface area contributed by atoms with E-state index in [4.69, 9.17) is 5.73 Å². The van der Waals surface area contributed by atoms with Gasteiger partial charge in [-0.1, -0.05) is 37.3 Å². The fourth-order valence-electron chi connectivity index (χ4n) is 3.99. The van der Waals surface area contributed by atoms with Crippen LogP contribution in [-0.2, 0) is 22.8 Å². The SMILES string of the molecule is CCc1c(C(=O)N(C)Cc2ccc3ncccc3c2)[nH]c(C(N)=O)c1S(=O)(=O)c1ccccc1. The van der Waals surface area contributed by atoms with Crippen LogP contribution in [0.1, 0.15) is 39.0 Å². The van der Waals surface area contributed by atoms with Gasteiger partial charge in [0.1, 0.15) is 16.3 Å². The Hall–Kier alpha value is -3.98. The number of amides is 2. The predicted octanol–water partition coefficient (Wildman–Crippen LogP) is 3.33. The monoisotopic (exact) mass is 476 g/mol. The zero-order valence-electron chi connectivity index (χ0n) is 18.8. The Kier molecular flexibility index (Phi) is 6.21. The molecule has 0 unspecified atom stereocenters. The second-order valence-corrected chi connectivity index (χ2v) is 9.80. The lowest BCUT2D eigenvalue weighted by Crippen LogP contribution is -2.27. The van der Waals surface area contributed by atoms with Crippen molar-refractivity contribution in [2.75, 3.05) is 7.05 Å². The van der Waals surface area contributed by atoms with Gasteiger partial charge in [-0.05, 0) is 42.3 Å². The van der Waals surface area contributed by atoms with Crippen molar-refractivity contribution in [3.8, 4) is 0 Å². The van der Waals surface area contributed by atoms with Crippen molar-refractivity contribution in [3.63, 3.8) is 0 Å². The summed E-state index contributed by atoms with van der Waals surface area (Å²) in [6, 6.07) is 17.2. The summed E-state index contributed by atoms with van der Waals surface area (Å²) in [5, 5.41) is 0.947. The highest BCUT2D eigenvalue weighted by atomic mass is 32.2. The van der Waals surface area contributed by atoms with Crippen LogP contribution in [-0.4, -0.2) is 42.1 Å². The standard InChI is InChI=1S/C25H24N4O4S/c1-3-19-21(25(31)29(2)15-16-11-12-20-17(14-16)8-7-13-27-20)28-22(24(26)30)23(19)34(32,33)18-9-5-4-6-10-18/h4-14,28H,3,15H2,1-2H3,(H2,26,30). The van der Waals surface area contributed by atoms with Gasteiger partial charge in [0.2, 0.25) is 9.84 Å². The molecule has 2 aromatic carbocycles. The van der Waals surface area contributed by atoms with Crippen LogP contribution in [0.4, 0.5) is 0 Å². The zero-order chi connectivity index (χ0) is 24.5. The summed E-state index contributed by atoms with van der Waals surface area (Å²) in [5.41, 5.74) is 7.22. The van der Waals surface area contributed by atoms with Crippen molar-refractivity contribution >= 4 is 32.6 Å². The minimum atomic E-state index is -4.09. The molecule has 0 radical (unpaired) electrons. The molecule has 2 aromatic heterocycles. The lowest BCUT2D eigenvalue weighted by atomic mass is 10.1. The molecule has 0 aliphatic heterocycles. The molecule has 34 heavy (non-hydrogen) atoms. The Bertz CT molecular complexity index is 1490. The number of primary amides is 1. The largest absolute Gasteiger partial charge is 0.364 e. The van der Waals surface area contributed by atoms with E-state index >= 15 is 0 Å². The van der Waals surface area contributed by atoms with Gasteiger partial charge in [0, 0.05) is 30.7 Å². The molecule has 0 aliphatic carbocycles.